The van der Waals surface area contributed by atoms with Crippen LogP contribution in [-0.2, 0) is 0 Å². The van der Waals surface area contributed by atoms with E-state index in [-0.39, 0.29) is 6.04 Å². The Labute approximate surface area is 126 Å². The van der Waals surface area contributed by atoms with Crippen LogP contribution in [0.4, 0.5) is 0 Å². The number of rotatable bonds is 3. The van der Waals surface area contributed by atoms with Crippen molar-refractivity contribution in [2.24, 2.45) is 5.73 Å². The smallest absolute Gasteiger partial charge is 0.0557 e. The van der Waals surface area contributed by atoms with E-state index in [0.29, 0.717) is 5.92 Å². The second-order valence-electron chi connectivity index (χ2n) is 5.87. The molecule has 0 bridgehead atoms. The molecule has 1 heteroatoms. The van der Waals surface area contributed by atoms with Gasteiger partial charge in [-0.1, -0.05) is 80.6 Å². The van der Waals surface area contributed by atoms with Crippen LogP contribution in [0.1, 0.15) is 42.5 Å². The normalized spacial score (nSPS) is 12.8. The van der Waals surface area contributed by atoms with Gasteiger partial charge in [0, 0.05) is 0 Å². The molecule has 21 heavy (non-hydrogen) atoms. The second-order valence-corrected chi connectivity index (χ2v) is 5.87. The van der Waals surface area contributed by atoms with Crippen LogP contribution in [0.15, 0.2) is 66.7 Å². The first-order valence-corrected chi connectivity index (χ1v) is 7.50. The summed E-state index contributed by atoms with van der Waals surface area (Å²) in [4.78, 5) is 0. The summed E-state index contributed by atoms with van der Waals surface area (Å²) in [6.07, 6.45) is 0. The topological polar surface area (TPSA) is 26.0 Å². The largest absolute Gasteiger partial charge is 0.320 e. The lowest BCUT2D eigenvalue weighted by molar-refractivity contribution is 0.851. The van der Waals surface area contributed by atoms with Crippen LogP contribution in [0, 0.1) is 0 Å². The Balaban J connectivity index is 2.02. The maximum atomic E-state index is 6.51. The molecule has 1 nitrogen and oxygen atoms in total. The Morgan fingerprint density at radius 2 is 1.33 bits per heavy atom. The summed E-state index contributed by atoms with van der Waals surface area (Å²) in [6, 6.07) is 23.4. The van der Waals surface area contributed by atoms with E-state index in [0.717, 1.165) is 5.56 Å². The summed E-state index contributed by atoms with van der Waals surface area (Å²) in [5, 5.41) is 2.48. The SMILES string of the molecule is CC(C)c1ccc(C(N)c2cccc3ccccc23)cc1. The summed E-state index contributed by atoms with van der Waals surface area (Å²) in [5.74, 6) is 0.549. The highest BCUT2D eigenvalue weighted by Gasteiger charge is 2.12. The first kappa shape index (κ1) is 13.8. The fraction of sp³-hybridized carbons (Fsp3) is 0.200. The van der Waals surface area contributed by atoms with E-state index in [1.165, 1.54) is 21.9 Å². The Kier molecular flexibility index (Phi) is 3.76. The van der Waals surface area contributed by atoms with Gasteiger partial charge in [-0.2, -0.15) is 0 Å². The summed E-state index contributed by atoms with van der Waals surface area (Å²) >= 11 is 0. The molecule has 0 fully saturated rings. The first-order valence-electron chi connectivity index (χ1n) is 7.50. The highest BCUT2D eigenvalue weighted by molar-refractivity contribution is 5.86. The third-order valence-electron chi connectivity index (χ3n) is 4.12. The van der Waals surface area contributed by atoms with Gasteiger partial charge >= 0.3 is 0 Å². The van der Waals surface area contributed by atoms with Gasteiger partial charge in [-0.25, -0.2) is 0 Å². The van der Waals surface area contributed by atoms with Gasteiger partial charge in [0.15, 0.2) is 0 Å². The zero-order chi connectivity index (χ0) is 14.8. The summed E-state index contributed by atoms with van der Waals surface area (Å²) in [7, 11) is 0. The number of fused-ring (bicyclic) bond motifs is 1. The molecule has 1 unspecified atom stereocenters. The number of hydrogen-bond acceptors (Lipinski definition) is 1. The van der Waals surface area contributed by atoms with Crippen LogP contribution in [0.5, 0.6) is 0 Å². The van der Waals surface area contributed by atoms with Gasteiger partial charge in [0.1, 0.15) is 0 Å². The maximum absolute atomic E-state index is 6.51. The highest BCUT2D eigenvalue weighted by Crippen LogP contribution is 2.28. The van der Waals surface area contributed by atoms with Gasteiger partial charge in [-0.3, -0.25) is 0 Å². The molecule has 0 radical (unpaired) electrons. The number of nitrogens with two attached hydrogens (primary N) is 1. The molecule has 0 aliphatic heterocycles. The van der Waals surface area contributed by atoms with E-state index in [1.54, 1.807) is 0 Å². The second kappa shape index (κ2) is 5.71. The molecule has 0 aliphatic carbocycles. The van der Waals surface area contributed by atoms with E-state index in [1.807, 2.05) is 0 Å². The average Bonchev–Trinajstić information content (AvgIpc) is 2.53. The molecule has 1 atom stereocenters. The molecular weight excluding hydrogens is 254 g/mol. The molecule has 0 heterocycles. The van der Waals surface area contributed by atoms with Crippen molar-refractivity contribution >= 4 is 10.8 Å². The molecule has 3 aromatic rings. The van der Waals surface area contributed by atoms with E-state index in [4.69, 9.17) is 5.73 Å². The number of benzene rings is 3. The molecule has 2 N–H and O–H groups in total. The van der Waals surface area contributed by atoms with Crippen molar-refractivity contribution in [2.45, 2.75) is 25.8 Å². The first-order chi connectivity index (χ1) is 10.2. The van der Waals surface area contributed by atoms with Crippen molar-refractivity contribution in [1.29, 1.82) is 0 Å². The molecule has 3 aromatic carbocycles. The van der Waals surface area contributed by atoms with Gasteiger partial charge in [-0.15, -0.1) is 0 Å². The Hall–Kier alpha value is -2.12. The lowest BCUT2D eigenvalue weighted by Gasteiger charge is -2.16. The van der Waals surface area contributed by atoms with E-state index in [2.05, 4.69) is 80.6 Å². The van der Waals surface area contributed by atoms with Crippen molar-refractivity contribution in [3.8, 4) is 0 Å². The van der Waals surface area contributed by atoms with E-state index >= 15 is 0 Å². The quantitative estimate of drug-likeness (QED) is 0.714. The standard InChI is InChI=1S/C20H21N/c1-14(2)15-10-12-17(13-11-15)20(21)19-9-5-7-16-6-3-4-8-18(16)19/h3-14,20H,21H2,1-2H3. The van der Waals surface area contributed by atoms with Gasteiger partial charge in [0.25, 0.3) is 0 Å². The van der Waals surface area contributed by atoms with Crippen molar-refractivity contribution < 1.29 is 0 Å². The minimum atomic E-state index is -0.0858. The fourth-order valence-corrected chi connectivity index (χ4v) is 2.79. The van der Waals surface area contributed by atoms with Crippen LogP contribution in [0.25, 0.3) is 10.8 Å². The summed E-state index contributed by atoms with van der Waals surface area (Å²) in [6.45, 7) is 4.42. The molecule has 0 amide bonds. The zero-order valence-electron chi connectivity index (χ0n) is 12.6. The Morgan fingerprint density at radius 1 is 0.714 bits per heavy atom. The lowest BCUT2D eigenvalue weighted by Crippen LogP contribution is -2.12. The summed E-state index contributed by atoms with van der Waals surface area (Å²) in [5.41, 5.74) is 10.2. The Bertz CT molecular complexity index is 736. The lowest BCUT2D eigenvalue weighted by atomic mass is 9.93. The van der Waals surface area contributed by atoms with Crippen molar-refractivity contribution in [3.63, 3.8) is 0 Å². The van der Waals surface area contributed by atoms with E-state index in [9.17, 15) is 0 Å². The monoisotopic (exact) mass is 275 g/mol. The molecule has 0 aromatic heterocycles. The minimum Gasteiger partial charge on any atom is -0.320 e. The van der Waals surface area contributed by atoms with Crippen molar-refractivity contribution in [3.05, 3.63) is 83.4 Å². The van der Waals surface area contributed by atoms with Crippen molar-refractivity contribution in [2.75, 3.05) is 0 Å². The summed E-state index contributed by atoms with van der Waals surface area (Å²) < 4.78 is 0. The highest BCUT2D eigenvalue weighted by atomic mass is 14.6. The van der Waals surface area contributed by atoms with Crippen LogP contribution in [0.2, 0.25) is 0 Å². The van der Waals surface area contributed by atoms with Crippen LogP contribution in [-0.4, -0.2) is 0 Å². The van der Waals surface area contributed by atoms with Gasteiger partial charge in [0.05, 0.1) is 6.04 Å². The van der Waals surface area contributed by atoms with Crippen LogP contribution >= 0.6 is 0 Å². The molecule has 0 spiro atoms. The van der Waals surface area contributed by atoms with Gasteiger partial charge in [0.2, 0.25) is 0 Å². The third kappa shape index (κ3) is 2.70. The average molecular weight is 275 g/mol. The van der Waals surface area contributed by atoms with Crippen LogP contribution < -0.4 is 5.73 Å². The zero-order valence-corrected chi connectivity index (χ0v) is 12.6. The molecule has 0 saturated carbocycles. The van der Waals surface area contributed by atoms with E-state index < -0.39 is 0 Å². The molecule has 3 rings (SSSR count). The molecule has 106 valence electrons. The van der Waals surface area contributed by atoms with Crippen LogP contribution in [0.3, 0.4) is 0 Å². The fourth-order valence-electron chi connectivity index (χ4n) is 2.79. The van der Waals surface area contributed by atoms with Crippen molar-refractivity contribution in [1.82, 2.24) is 0 Å². The predicted octanol–water partition coefficient (Wildman–Crippen LogP) is 5.01. The van der Waals surface area contributed by atoms with Gasteiger partial charge < -0.3 is 5.73 Å². The Morgan fingerprint density at radius 3 is 2.05 bits per heavy atom. The molecule has 0 aliphatic rings. The van der Waals surface area contributed by atoms with Gasteiger partial charge in [-0.05, 0) is 33.4 Å². The predicted molar refractivity (Wildman–Crippen MR) is 90.5 cm³/mol. The maximum Gasteiger partial charge on any atom is 0.0557 e. The third-order valence-corrected chi connectivity index (χ3v) is 4.12. The minimum absolute atomic E-state index is 0.0858. The molecule has 0 saturated heterocycles. The molecular formula is C20H21N. The number of hydrogen-bond donors (Lipinski definition) is 1.